The van der Waals surface area contributed by atoms with Crippen LogP contribution in [-0.4, -0.2) is 15.1 Å². The van der Waals surface area contributed by atoms with E-state index in [9.17, 15) is 0 Å². The molecular weight excluding hydrogens is 272 g/mol. The predicted octanol–water partition coefficient (Wildman–Crippen LogP) is 3.10. The molecule has 0 spiro atoms. The molecule has 0 fully saturated rings. The fraction of sp³-hybridized carbons (Fsp3) is 0. The maximum Gasteiger partial charge on any atom is 0.261 e. The van der Waals surface area contributed by atoms with Crippen molar-refractivity contribution in [1.82, 2.24) is 15.1 Å². The zero-order valence-electron chi connectivity index (χ0n) is 9.00. The van der Waals surface area contributed by atoms with Gasteiger partial charge in [0.15, 0.2) is 0 Å². The van der Waals surface area contributed by atoms with E-state index >= 15 is 0 Å². The Morgan fingerprint density at radius 2 is 2.22 bits per heavy atom. The first-order valence-corrected chi connectivity index (χ1v) is 6.29. The van der Waals surface area contributed by atoms with Crippen LogP contribution in [0.4, 0.5) is 5.00 Å². The first-order valence-electron chi connectivity index (χ1n) is 5.03. The van der Waals surface area contributed by atoms with Crippen molar-refractivity contribution in [2.45, 2.75) is 0 Å². The largest absolute Gasteiger partial charge is 0.390 e. The van der Waals surface area contributed by atoms with Gasteiger partial charge >= 0.3 is 0 Å². The Kier molecular flexibility index (Phi) is 2.73. The van der Waals surface area contributed by atoms with E-state index in [0.29, 0.717) is 27.4 Å². The van der Waals surface area contributed by atoms with Gasteiger partial charge in [0.25, 0.3) is 5.89 Å². The molecule has 0 aromatic carbocycles. The molecule has 2 N–H and O–H groups in total. The topological polar surface area (TPSA) is 77.8 Å². The number of rotatable bonds is 2. The maximum absolute atomic E-state index is 6.02. The zero-order valence-corrected chi connectivity index (χ0v) is 10.6. The Morgan fingerprint density at radius 3 is 2.94 bits per heavy atom. The van der Waals surface area contributed by atoms with E-state index in [4.69, 9.17) is 21.9 Å². The number of nitrogen functional groups attached to an aromatic ring is 1. The van der Waals surface area contributed by atoms with Gasteiger partial charge in [0.2, 0.25) is 5.82 Å². The van der Waals surface area contributed by atoms with Crippen LogP contribution in [-0.2, 0) is 0 Å². The smallest absolute Gasteiger partial charge is 0.261 e. The number of hydrogen-bond acceptors (Lipinski definition) is 6. The maximum atomic E-state index is 6.02. The highest BCUT2D eigenvalue weighted by Gasteiger charge is 2.16. The van der Waals surface area contributed by atoms with Crippen molar-refractivity contribution < 1.29 is 4.52 Å². The summed E-state index contributed by atoms with van der Waals surface area (Å²) in [5.74, 6) is 0.715. The van der Waals surface area contributed by atoms with Crippen LogP contribution in [0.3, 0.4) is 0 Å². The summed E-state index contributed by atoms with van der Waals surface area (Å²) < 4.78 is 5.17. The van der Waals surface area contributed by atoms with Gasteiger partial charge in [0.1, 0.15) is 5.69 Å². The number of nitrogens with zero attached hydrogens (tertiary/aromatic N) is 3. The number of aromatic nitrogens is 3. The molecule has 3 heterocycles. The van der Waals surface area contributed by atoms with Gasteiger partial charge in [-0.1, -0.05) is 16.8 Å². The van der Waals surface area contributed by atoms with Crippen LogP contribution < -0.4 is 5.73 Å². The molecule has 0 saturated heterocycles. The summed E-state index contributed by atoms with van der Waals surface area (Å²) in [6, 6.07) is 5.29. The average molecular weight is 279 g/mol. The molecule has 7 heteroatoms. The Morgan fingerprint density at radius 1 is 1.33 bits per heavy atom. The molecule has 5 nitrogen and oxygen atoms in total. The summed E-state index contributed by atoms with van der Waals surface area (Å²) in [6.45, 7) is 0. The zero-order chi connectivity index (χ0) is 12.5. The molecule has 3 aromatic heterocycles. The van der Waals surface area contributed by atoms with Crippen molar-refractivity contribution >= 4 is 27.9 Å². The minimum absolute atomic E-state index is 0.348. The van der Waals surface area contributed by atoms with E-state index in [0.717, 1.165) is 5.56 Å². The van der Waals surface area contributed by atoms with Crippen molar-refractivity contribution in [2.75, 3.05) is 5.73 Å². The fourth-order valence-electron chi connectivity index (χ4n) is 1.48. The van der Waals surface area contributed by atoms with Gasteiger partial charge in [-0.25, -0.2) is 0 Å². The van der Waals surface area contributed by atoms with Crippen LogP contribution in [0.5, 0.6) is 0 Å². The van der Waals surface area contributed by atoms with E-state index in [1.807, 2.05) is 11.4 Å². The molecule has 90 valence electrons. The van der Waals surface area contributed by atoms with Crippen LogP contribution in [0.2, 0.25) is 5.02 Å². The van der Waals surface area contributed by atoms with Crippen molar-refractivity contribution in [3.8, 4) is 23.0 Å². The van der Waals surface area contributed by atoms with Crippen molar-refractivity contribution in [2.24, 2.45) is 0 Å². The highest BCUT2D eigenvalue weighted by molar-refractivity contribution is 7.14. The summed E-state index contributed by atoms with van der Waals surface area (Å²) in [5.41, 5.74) is 7.02. The van der Waals surface area contributed by atoms with Gasteiger partial charge in [-0.3, -0.25) is 4.98 Å². The number of pyridine rings is 1. The number of hydrogen-bond donors (Lipinski definition) is 1. The van der Waals surface area contributed by atoms with E-state index < -0.39 is 0 Å². The van der Waals surface area contributed by atoms with Crippen LogP contribution in [0.1, 0.15) is 0 Å². The van der Waals surface area contributed by atoms with Crippen molar-refractivity contribution in [1.29, 1.82) is 0 Å². The lowest BCUT2D eigenvalue weighted by molar-refractivity contribution is 0.432. The molecule has 0 aliphatic heterocycles. The third-order valence-electron chi connectivity index (χ3n) is 2.32. The lowest BCUT2D eigenvalue weighted by atomic mass is 10.3. The van der Waals surface area contributed by atoms with Crippen molar-refractivity contribution in [3.63, 3.8) is 0 Å². The van der Waals surface area contributed by atoms with Gasteiger partial charge in [-0.15, -0.1) is 11.3 Å². The monoisotopic (exact) mass is 278 g/mol. The standard InChI is InChI=1S/C11H7ClN4OS/c12-7-2-1-4-14-8(7)10-15-11(17-16-10)6-3-5-18-9(6)13/h1-5H,13H2. The molecule has 0 unspecified atom stereocenters. The van der Waals surface area contributed by atoms with Crippen LogP contribution in [0.25, 0.3) is 23.0 Å². The molecule has 0 radical (unpaired) electrons. The van der Waals surface area contributed by atoms with E-state index in [1.54, 1.807) is 18.3 Å². The number of halogens is 1. The Balaban J connectivity index is 2.05. The van der Waals surface area contributed by atoms with E-state index in [2.05, 4.69) is 15.1 Å². The van der Waals surface area contributed by atoms with Gasteiger partial charge < -0.3 is 10.3 Å². The first kappa shape index (κ1) is 11.2. The summed E-state index contributed by atoms with van der Waals surface area (Å²) in [5, 5.41) is 6.84. The SMILES string of the molecule is Nc1sccc1-c1nc(-c2ncccc2Cl)no1. The Bertz CT molecular complexity index is 694. The molecule has 0 aliphatic carbocycles. The molecule has 0 bridgehead atoms. The summed E-state index contributed by atoms with van der Waals surface area (Å²) in [4.78, 5) is 8.37. The second kappa shape index (κ2) is 4.40. The molecule has 0 atom stereocenters. The van der Waals surface area contributed by atoms with Gasteiger partial charge in [0, 0.05) is 6.20 Å². The normalized spacial score (nSPS) is 10.7. The van der Waals surface area contributed by atoms with Crippen LogP contribution in [0.15, 0.2) is 34.3 Å². The second-order valence-electron chi connectivity index (χ2n) is 3.46. The highest BCUT2D eigenvalue weighted by Crippen LogP contribution is 2.31. The summed E-state index contributed by atoms with van der Waals surface area (Å²) in [6.07, 6.45) is 1.62. The van der Waals surface area contributed by atoms with Crippen LogP contribution >= 0.6 is 22.9 Å². The van der Waals surface area contributed by atoms with E-state index in [-0.39, 0.29) is 0 Å². The minimum atomic E-state index is 0.348. The van der Waals surface area contributed by atoms with Gasteiger partial charge in [0.05, 0.1) is 15.6 Å². The lowest BCUT2D eigenvalue weighted by Crippen LogP contribution is -1.87. The second-order valence-corrected chi connectivity index (χ2v) is 4.81. The van der Waals surface area contributed by atoms with Gasteiger partial charge in [-0.05, 0) is 23.6 Å². The molecule has 0 amide bonds. The number of nitrogens with two attached hydrogens (primary N) is 1. The minimum Gasteiger partial charge on any atom is -0.390 e. The molecule has 0 aliphatic rings. The van der Waals surface area contributed by atoms with Crippen LogP contribution in [0, 0.1) is 0 Å². The third-order valence-corrected chi connectivity index (χ3v) is 3.37. The van der Waals surface area contributed by atoms with Gasteiger partial charge in [-0.2, -0.15) is 4.98 Å². The summed E-state index contributed by atoms with van der Waals surface area (Å²) in [7, 11) is 0. The molecule has 3 aromatic rings. The average Bonchev–Trinajstić information content (AvgIpc) is 2.98. The Labute approximate surface area is 111 Å². The predicted molar refractivity (Wildman–Crippen MR) is 70.3 cm³/mol. The Hall–Kier alpha value is -1.92. The number of thiophene rings is 1. The molecule has 18 heavy (non-hydrogen) atoms. The molecule has 0 saturated carbocycles. The summed E-state index contributed by atoms with van der Waals surface area (Å²) >= 11 is 7.43. The molecule has 3 rings (SSSR count). The fourth-order valence-corrected chi connectivity index (χ4v) is 2.32. The van der Waals surface area contributed by atoms with E-state index in [1.165, 1.54) is 11.3 Å². The number of anilines is 1. The molecular formula is C11H7ClN4OS. The first-order chi connectivity index (χ1) is 8.75. The lowest BCUT2D eigenvalue weighted by Gasteiger charge is -1.94. The quantitative estimate of drug-likeness (QED) is 0.779. The van der Waals surface area contributed by atoms with Crippen molar-refractivity contribution in [3.05, 3.63) is 34.8 Å². The highest BCUT2D eigenvalue weighted by atomic mass is 35.5. The third kappa shape index (κ3) is 1.85.